The van der Waals surface area contributed by atoms with Crippen LogP contribution in [0.4, 0.5) is 0 Å². The minimum Gasteiger partial charge on any atom is -0.485 e. The van der Waals surface area contributed by atoms with Gasteiger partial charge in [0.1, 0.15) is 13.2 Å². The lowest BCUT2D eigenvalue weighted by atomic mass is 10.1. The summed E-state index contributed by atoms with van der Waals surface area (Å²) in [5, 5.41) is 0. The monoisotopic (exact) mass is 384 g/mol. The first-order valence-corrected chi connectivity index (χ1v) is 8.75. The van der Waals surface area contributed by atoms with E-state index in [1.807, 2.05) is 66.7 Å². The molecule has 0 aromatic heterocycles. The minimum atomic E-state index is 0. The van der Waals surface area contributed by atoms with Crippen LogP contribution in [0.25, 0.3) is 0 Å². The first-order valence-electron chi connectivity index (χ1n) is 8.75. The van der Waals surface area contributed by atoms with Gasteiger partial charge in [0, 0.05) is 6.54 Å². The highest BCUT2D eigenvalue weighted by molar-refractivity contribution is 5.85. The van der Waals surface area contributed by atoms with Gasteiger partial charge in [-0.3, -0.25) is 11.3 Å². The molecule has 0 unspecified atom stereocenters. The highest BCUT2D eigenvalue weighted by Crippen LogP contribution is 2.33. The van der Waals surface area contributed by atoms with Crippen LogP contribution in [0.15, 0.2) is 78.9 Å². The van der Waals surface area contributed by atoms with E-state index in [9.17, 15) is 0 Å². The van der Waals surface area contributed by atoms with Gasteiger partial charge in [-0.1, -0.05) is 72.8 Å². The molecule has 0 aliphatic heterocycles. The number of hydrogen-bond donors (Lipinski definition) is 2. The van der Waals surface area contributed by atoms with Gasteiger partial charge in [-0.2, -0.15) is 0 Å². The summed E-state index contributed by atoms with van der Waals surface area (Å²) in [6.45, 7) is 1.67. The Morgan fingerprint density at radius 1 is 0.704 bits per heavy atom. The zero-order chi connectivity index (χ0) is 18.0. The minimum absolute atomic E-state index is 0. The summed E-state index contributed by atoms with van der Waals surface area (Å²) in [6, 6.07) is 26.2. The third-order valence-corrected chi connectivity index (χ3v) is 4.06. The lowest BCUT2D eigenvalue weighted by molar-refractivity contribution is 0.253. The summed E-state index contributed by atoms with van der Waals surface area (Å²) in [6.07, 6.45) is 0.767. The SMILES string of the molecule is Cl.NNCCc1cccc(OCc2ccccc2)c1OCc1ccccc1. The fourth-order valence-electron chi connectivity index (χ4n) is 2.71. The van der Waals surface area contributed by atoms with E-state index in [0.717, 1.165) is 34.6 Å². The van der Waals surface area contributed by atoms with Gasteiger partial charge in [0.2, 0.25) is 0 Å². The zero-order valence-electron chi connectivity index (χ0n) is 15.1. The maximum absolute atomic E-state index is 6.15. The summed E-state index contributed by atoms with van der Waals surface area (Å²) in [4.78, 5) is 0. The average Bonchev–Trinajstić information content (AvgIpc) is 2.71. The van der Waals surface area contributed by atoms with Gasteiger partial charge in [0.05, 0.1) is 0 Å². The van der Waals surface area contributed by atoms with Crippen LogP contribution in [0.3, 0.4) is 0 Å². The molecule has 0 atom stereocenters. The summed E-state index contributed by atoms with van der Waals surface area (Å²) in [7, 11) is 0. The van der Waals surface area contributed by atoms with Gasteiger partial charge in [-0.15, -0.1) is 12.4 Å². The van der Waals surface area contributed by atoms with Crippen LogP contribution in [-0.2, 0) is 19.6 Å². The normalized spacial score (nSPS) is 10.1. The van der Waals surface area contributed by atoms with E-state index in [0.29, 0.717) is 19.8 Å². The van der Waals surface area contributed by atoms with Crippen molar-refractivity contribution in [1.82, 2.24) is 5.43 Å². The summed E-state index contributed by atoms with van der Waals surface area (Å²) in [5.41, 5.74) is 6.01. The van der Waals surface area contributed by atoms with Crippen LogP contribution in [0.1, 0.15) is 16.7 Å². The van der Waals surface area contributed by atoms with E-state index in [4.69, 9.17) is 15.3 Å². The third kappa shape index (κ3) is 6.29. The van der Waals surface area contributed by atoms with Crippen molar-refractivity contribution in [2.75, 3.05) is 6.54 Å². The van der Waals surface area contributed by atoms with Crippen molar-refractivity contribution < 1.29 is 9.47 Å². The van der Waals surface area contributed by atoms with Crippen molar-refractivity contribution in [3.63, 3.8) is 0 Å². The Balaban J connectivity index is 0.00000261. The van der Waals surface area contributed by atoms with Crippen molar-refractivity contribution in [3.8, 4) is 11.5 Å². The standard InChI is InChI=1S/C22H24N2O2.ClH/c23-24-15-14-20-12-7-13-21(25-16-18-8-3-1-4-9-18)22(20)26-17-19-10-5-2-6-11-19;/h1-13,24H,14-17,23H2;1H. The van der Waals surface area contributed by atoms with Crippen molar-refractivity contribution in [3.05, 3.63) is 95.6 Å². The first-order chi connectivity index (χ1) is 12.9. The van der Waals surface area contributed by atoms with E-state index in [1.165, 1.54) is 0 Å². The Bertz CT molecular complexity index is 798. The molecular weight excluding hydrogens is 360 g/mol. The molecule has 0 spiro atoms. The topological polar surface area (TPSA) is 56.5 Å². The van der Waals surface area contributed by atoms with Gasteiger partial charge in [0.25, 0.3) is 0 Å². The number of rotatable bonds is 9. The second-order valence-corrected chi connectivity index (χ2v) is 6.00. The van der Waals surface area contributed by atoms with Crippen molar-refractivity contribution in [2.45, 2.75) is 19.6 Å². The van der Waals surface area contributed by atoms with E-state index in [-0.39, 0.29) is 12.4 Å². The molecular formula is C22H25ClN2O2. The second kappa shape index (κ2) is 11.2. The molecule has 3 aromatic rings. The van der Waals surface area contributed by atoms with Gasteiger partial charge in [0.15, 0.2) is 11.5 Å². The molecule has 3 rings (SSSR count). The highest BCUT2D eigenvalue weighted by atomic mass is 35.5. The molecule has 0 heterocycles. The molecule has 3 aromatic carbocycles. The predicted molar refractivity (Wildman–Crippen MR) is 111 cm³/mol. The van der Waals surface area contributed by atoms with E-state index in [2.05, 4.69) is 17.6 Å². The number of nitrogens with two attached hydrogens (primary N) is 1. The predicted octanol–water partition coefficient (Wildman–Crippen LogP) is 4.27. The van der Waals surface area contributed by atoms with Gasteiger partial charge >= 0.3 is 0 Å². The Hall–Kier alpha value is -2.53. The molecule has 27 heavy (non-hydrogen) atoms. The van der Waals surface area contributed by atoms with E-state index >= 15 is 0 Å². The lowest BCUT2D eigenvalue weighted by Crippen LogP contribution is -2.24. The average molecular weight is 385 g/mol. The first kappa shape index (κ1) is 20.8. The number of nitrogens with one attached hydrogen (secondary N) is 1. The number of benzene rings is 3. The largest absolute Gasteiger partial charge is 0.485 e. The van der Waals surface area contributed by atoms with Gasteiger partial charge in [-0.25, -0.2) is 0 Å². The molecule has 0 saturated heterocycles. The highest BCUT2D eigenvalue weighted by Gasteiger charge is 2.12. The summed E-state index contributed by atoms with van der Waals surface area (Å²) < 4.78 is 12.2. The van der Waals surface area contributed by atoms with Crippen LogP contribution in [0.2, 0.25) is 0 Å². The number of para-hydroxylation sites is 1. The number of hydrazine groups is 1. The van der Waals surface area contributed by atoms with Gasteiger partial charge in [-0.05, 0) is 29.2 Å². The fourth-order valence-corrected chi connectivity index (χ4v) is 2.71. The molecule has 0 aliphatic carbocycles. The Kier molecular flexibility index (Phi) is 8.65. The molecule has 0 amide bonds. The maximum Gasteiger partial charge on any atom is 0.164 e. The molecule has 142 valence electrons. The van der Waals surface area contributed by atoms with Crippen molar-refractivity contribution in [1.29, 1.82) is 0 Å². The molecule has 5 heteroatoms. The van der Waals surface area contributed by atoms with Crippen LogP contribution < -0.4 is 20.7 Å². The molecule has 4 nitrogen and oxygen atoms in total. The third-order valence-electron chi connectivity index (χ3n) is 4.06. The Morgan fingerprint density at radius 2 is 1.30 bits per heavy atom. The Labute approximate surface area is 166 Å². The van der Waals surface area contributed by atoms with Crippen molar-refractivity contribution >= 4 is 12.4 Å². The molecule has 0 fully saturated rings. The number of halogens is 1. The smallest absolute Gasteiger partial charge is 0.164 e. The molecule has 0 aliphatic rings. The summed E-state index contributed by atoms with van der Waals surface area (Å²) in [5.74, 6) is 6.97. The molecule has 3 N–H and O–H groups in total. The molecule has 0 saturated carbocycles. The van der Waals surface area contributed by atoms with Crippen LogP contribution >= 0.6 is 12.4 Å². The maximum atomic E-state index is 6.15. The Morgan fingerprint density at radius 3 is 1.89 bits per heavy atom. The number of hydrogen-bond acceptors (Lipinski definition) is 4. The van der Waals surface area contributed by atoms with Crippen LogP contribution in [0.5, 0.6) is 11.5 Å². The quantitative estimate of drug-likeness (QED) is 0.427. The van der Waals surface area contributed by atoms with Crippen molar-refractivity contribution in [2.24, 2.45) is 5.84 Å². The van der Waals surface area contributed by atoms with E-state index < -0.39 is 0 Å². The molecule has 0 radical (unpaired) electrons. The van der Waals surface area contributed by atoms with Crippen LogP contribution in [0, 0.1) is 0 Å². The number of ether oxygens (including phenoxy) is 2. The van der Waals surface area contributed by atoms with Crippen LogP contribution in [-0.4, -0.2) is 6.54 Å². The molecule has 0 bridgehead atoms. The van der Waals surface area contributed by atoms with Gasteiger partial charge < -0.3 is 9.47 Å². The zero-order valence-corrected chi connectivity index (χ0v) is 16.0. The van der Waals surface area contributed by atoms with E-state index in [1.54, 1.807) is 0 Å². The fraction of sp³-hybridized carbons (Fsp3) is 0.182. The summed E-state index contributed by atoms with van der Waals surface area (Å²) >= 11 is 0. The lowest BCUT2D eigenvalue weighted by Gasteiger charge is -2.17. The second-order valence-electron chi connectivity index (χ2n) is 6.00.